The van der Waals surface area contributed by atoms with E-state index in [2.05, 4.69) is 21.7 Å². The van der Waals surface area contributed by atoms with Crippen LogP contribution >= 0.6 is 0 Å². The molecule has 0 radical (unpaired) electrons. The van der Waals surface area contributed by atoms with Crippen LogP contribution in [0.1, 0.15) is 31.4 Å². The molecule has 1 atom stereocenters. The summed E-state index contributed by atoms with van der Waals surface area (Å²) in [5.41, 5.74) is 5.50. The fourth-order valence-corrected chi connectivity index (χ4v) is 1.47. The fourth-order valence-electron chi connectivity index (χ4n) is 1.47. The first-order chi connectivity index (χ1) is 6.65. The third-order valence-corrected chi connectivity index (χ3v) is 2.70. The van der Waals surface area contributed by atoms with Crippen molar-refractivity contribution in [2.45, 2.75) is 33.1 Å². The third-order valence-electron chi connectivity index (χ3n) is 2.70. The first kappa shape index (κ1) is 11.2. The third kappa shape index (κ3) is 2.80. The average molecular weight is 196 g/mol. The molecule has 4 heteroatoms. The van der Waals surface area contributed by atoms with Gasteiger partial charge in [0.25, 0.3) is 0 Å². The fraction of sp³-hybridized carbons (Fsp3) is 0.800. The van der Waals surface area contributed by atoms with E-state index in [-0.39, 0.29) is 0 Å². The Kier molecular flexibility index (Phi) is 4.07. The minimum absolute atomic E-state index is 0.678. The van der Waals surface area contributed by atoms with Gasteiger partial charge >= 0.3 is 0 Å². The van der Waals surface area contributed by atoms with Gasteiger partial charge in [-0.2, -0.15) is 0 Å². The maximum absolute atomic E-state index is 5.50. The summed E-state index contributed by atoms with van der Waals surface area (Å²) in [4.78, 5) is 0. The Morgan fingerprint density at radius 2 is 2.07 bits per heavy atom. The molecule has 0 saturated carbocycles. The van der Waals surface area contributed by atoms with Crippen molar-refractivity contribution in [2.24, 2.45) is 18.7 Å². The molecule has 0 fully saturated rings. The smallest absolute Gasteiger partial charge is 0.132 e. The first-order valence-corrected chi connectivity index (χ1v) is 5.20. The molecule has 1 aromatic rings. The standard InChI is InChI=1S/C10H20N4/c1-8(6-7-11)4-5-10-13-12-9(2)14(10)3/h8H,4-7,11H2,1-3H3. The zero-order valence-electron chi connectivity index (χ0n) is 9.32. The molecule has 1 heterocycles. The monoisotopic (exact) mass is 196 g/mol. The molecule has 0 aliphatic heterocycles. The number of nitrogens with zero attached hydrogens (tertiary/aromatic N) is 3. The number of aryl methyl sites for hydroxylation is 2. The maximum Gasteiger partial charge on any atom is 0.132 e. The van der Waals surface area contributed by atoms with Crippen molar-refractivity contribution in [3.63, 3.8) is 0 Å². The van der Waals surface area contributed by atoms with Crippen LogP contribution in [-0.4, -0.2) is 21.3 Å². The SMILES string of the molecule is Cc1nnc(CCC(C)CCN)n1C. The number of aromatic nitrogens is 3. The van der Waals surface area contributed by atoms with Crippen LogP contribution in [0.25, 0.3) is 0 Å². The molecular formula is C10H20N4. The van der Waals surface area contributed by atoms with E-state index < -0.39 is 0 Å². The highest BCUT2D eigenvalue weighted by atomic mass is 15.3. The molecule has 0 aliphatic carbocycles. The molecule has 4 nitrogen and oxygen atoms in total. The van der Waals surface area contributed by atoms with E-state index in [0.717, 1.165) is 37.5 Å². The molecule has 14 heavy (non-hydrogen) atoms. The van der Waals surface area contributed by atoms with Gasteiger partial charge in [-0.3, -0.25) is 0 Å². The van der Waals surface area contributed by atoms with Gasteiger partial charge in [0.05, 0.1) is 0 Å². The van der Waals surface area contributed by atoms with E-state index in [1.54, 1.807) is 0 Å². The van der Waals surface area contributed by atoms with Crippen molar-refractivity contribution in [3.05, 3.63) is 11.6 Å². The molecule has 0 amide bonds. The summed E-state index contributed by atoms with van der Waals surface area (Å²) in [6.45, 7) is 4.98. The zero-order valence-corrected chi connectivity index (χ0v) is 9.32. The van der Waals surface area contributed by atoms with Gasteiger partial charge in [0, 0.05) is 13.5 Å². The normalized spacial score (nSPS) is 13.1. The highest BCUT2D eigenvalue weighted by Crippen LogP contribution is 2.10. The first-order valence-electron chi connectivity index (χ1n) is 5.20. The van der Waals surface area contributed by atoms with E-state index in [0.29, 0.717) is 5.92 Å². The summed E-state index contributed by atoms with van der Waals surface area (Å²) in [7, 11) is 2.01. The van der Waals surface area contributed by atoms with Crippen LogP contribution in [0.5, 0.6) is 0 Å². The van der Waals surface area contributed by atoms with Gasteiger partial charge in [-0.05, 0) is 32.2 Å². The molecule has 0 aliphatic rings. The predicted molar refractivity (Wildman–Crippen MR) is 56.9 cm³/mol. The molecule has 0 saturated heterocycles. The number of rotatable bonds is 5. The molecule has 80 valence electrons. The molecule has 1 rings (SSSR count). The average Bonchev–Trinajstić information content (AvgIpc) is 2.46. The van der Waals surface area contributed by atoms with Crippen LogP contribution < -0.4 is 5.73 Å². The lowest BCUT2D eigenvalue weighted by Gasteiger charge is -2.08. The Morgan fingerprint density at radius 3 is 2.57 bits per heavy atom. The van der Waals surface area contributed by atoms with Crippen LogP contribution in [-0.2, 0) is 13.5 Å². The summed E-state index contributed by atoms with van der Waals surface area (Å²) >= 11 is 0. The number of nitrogens with two attached hydrogens (primary N) is 1. The van der Waals surface area contributed by atoms with E-state index in [1.807, 2.05) is 14.0 Å². The van der Waals surface area contributed by atoms with Gasteiger partial charge < -0.3 is 10.3 Å². The zero-order chi connectivity index (χ0) is 10.6. The maximum atomic E-state index is 5.50. The molecule has 0 bridgehead atoms. The molecule has 0 aromatic carbocycles. The van der Waals surface area contributed by atoms with Gasteiger partial charge in [0.15, 0.2) is 0 Å². The van der Waals surface area contributed by atoms with Gasteiger partial charge in [0.1, 0.15) is 11.6 Å². The van der Waals surface area contributed by atoms with Gasteiger partial charge in [-0.25, -0.2) is 0 Å². The van der Waals surface area contributed by atoms with Crippen molar-refractivity contribution in [1.82, 2.24) is 14.8 Å². The number of hydrogen-bond acceptors (Lipinski definition) is 3. The Bertz CT molecular complexity index is 280. The molecule has 1 unspecified atom stereocenters. The summed E-state index contributed by atoms with van der Waals surface area (Å²) in [6, 6.07) is 0. The lowest BCUT2D eigenvalue weighted by molar-refractivity contribution is 0.489. The van der Waals surface area contributed by atoms with Gasteiger partial charge in [0.2, 0.25) is 0 Å². The Labute approximate surface area is 85.5 Å². The topological polar surface area (TPSA) is 56.7 Å². The second kappa shape index (κ2) is 5.10. The second-order valence-corrected chi connectivity index (χ2v) is 3.94. The Morgan fingerprint density at radius 1 is 1.36 bits per heavy atom. The minimum Gasteiger partial charge on any atom is -0.330 e. The second-order valence-electron chi connectivity index (χ2n) is 3.94. The van der Waals surface area contributed by atoms with Crippen LogP contribution in [0, 0.1) is 12.8 Å². The van der Waals surface area contributed by atoms with Crippen LogP contribution in [0.3, 0.4) is 0 Å². The van der Waals surface area contributed by atoms with E-state index in [4.69, 9.17) is 5.73 Å². The van der Waals surface area contributed by atoms with Crippen molar-refractivity contribution < 1.29 is 0 Å². The lowest BCUT2D eigenvalue weighted by atomic mass is 10.0. The summed E-state index contributed by atoms with van der Waals surface area (Å²) in [6.07, 6.45) is 3.23. The predicted octanol–water partition coefficient (Wildman–Crippen LogP) is 1.04. The van der Waals surface area contributed by atoms with Crippen LogP contribution in [0.15, 0.2) is 0 Å². The summed E-state index contributed by atoms with van der Waals surface area (Å²) in [5, 5.41) is 8.16. The van der Waals surface area contributed by atoms with E-state index in [1.165, 1.54) is 0 Å². The van der Waals surface area contributed by atoms with Gasteiger partial charge in [-0.1, -0.05) is 6.92 Å². The van der Waals surface area contributed by atoms with Crippen molar-refractivity contribution in [1.29, 1.82) is 0 Å². The van der Waals surface area contributed by atoms with Crippen molar-refractivity contribution in [3.8, 4) is 0 Å². The molecule has 1 aromatic heterocycles. The summed E-state index contributed by atoms with van der Waals surface area (Å²) in [5.74, 6) is 2.73. The van der Waals surface area contributed by atoms with E-state index in [9.17, 15) is 0 Å². The highest BCUT2D eigenvalue weighted by Gasteiger charge is 2.07. The van der Waals surface area contributed by atoms with Crippen molar-refractivity contribution >= 4 is 0 Å². The lowest BCUT2D eigenvalue weighted by Crippen LogP contribution is -2.08. The quantitative estimate of drug-likeness (QED) is 0.765. The molecular weight excluding hydrogens is 176 g/mol. The Balaban J connectivity index is 2.41. The van der Waals surface area contributed by atoms with Crippen LogP contribution in [0.4, 0.5) is 0 Å². The molecule has 0 spiro atoms. The highest BCUT2D eigenvalue weighted by molar-refractivity contribution is 4.92. The van der Waals surface area contributed by atoms with Gasteiger partial charge in [-0.15, -0.1) is 10.2 Å². The largest absolute Gasteiger partial charge is 0.330 e. The van der Waals surface area contributed by atoms with Crippen LogP contribution in [0.2, 0.25) is 0 Å². The Hall–Kier alpha value is -0.900. The van der Waals surface area contributed by atoms with E-state index >= 15 is 0 Å². The summed E-state index contributed by atoms with van der Waals surface area (Å²) < 4.78 is 2.05. The van der Waals surface area contributed by atoms with Crippen molar-refractivity contribution in [2.75, 3.05) is 6.54 Å². The molecule has 2 N–H and O–H groups in total. The minimum atomic E-state index is 0.678. The number of hydrogen-bond donors (Lipinski definition) is 1.